The topological polar surface area (TPSA) is 77.2 Å². The number of aromatic nitrogens is 2. The normalized spacial score (nSPS) is 12.1. The quantitative estimate of drug-likeness (QED) is 0.583. The summed E-state index contributed by atoms with van der Waals surface area (Å²) in [7, 11) is 0. The predicted molar refractivity (Wildman–Crippen MR) is 57.9 cm³/mol. The highest BCUT2D eigenvalue weighted by Crippen LogP contribution is 2.04. The molecule has 0 fully saturated rings. The predicted octanol–water partition coefficient (Wildman–Crippen LogP) is 1.30. The fraction of sp³-hybridized carbons (Fsp3) is 0.500. The molecule has 1 aromatic heterocycles. The fourth-order valence-electron chi connectivity index (χ4n) is 0.959. The molecule has 1 atom stereocenters. The average Bonchev–Trinajstić information content (AvgIpc) is 2.64. The van der Waals surface area contributed by atoms with Crippen LogP contribution in [0.3, 0.4) is 0 Å². The smallest absolute Gasteiger partial charge is 0.328 e. The Balaban J connectivity index is 2.36. The van der Waals surface area contributed by atoms with Crippen LogP contribution in [-0.4, -0.2) is 28.8 Å². The molecule has 16 heavy (non-hydrogen) atoms. The zero-order valence-electron chi connectivity index (χ0n) is 9.40. The van der Waals surface area contributed by atoms with Gasteiger partial charge < -0.3 is 9.26 Å². The van der Waals surface area contributed by atoms with Crippen LogP contribution in [-0.2, 0) is 9.53 Å². The summed E-state index contributed by atoms with van der Waals surface area (Å²) in [6, 6.07) is 0.0849. The van der Waals surface area contributed by atoms with E-state index in [9.17, 15) is 4.79 Å². The van der Waals surface area contributed by atoms with Crippen LogP contribution in [0.1, 0.15) is 19.2 Å². The van der Waals surface area contributed by atoms with Gasteiger partial charge in [0.25, 0.3) is 5.91 Å². The van der Waals surface area contributed by atoms with Crippen LogP contribution < -0.4 is 5.32 Å². The number of amides is 1. The van der Waals surface area contributed by atoms with E-state index in [4.69, 9.17) is 9.26 Å². The lowest BCUT2D eigenvalue weighted by Crippen LogP contribution is -2.28. The maximum atomic E-state index is 11.5. The Labute approximate surface area is 93.7 Å². The third-order valence-electron chi connectivity index (χ3n) is 1.82. The molecule has 0 aromatic carbocycles. The van der Waals surface area contributed by atoms with Crippen molar-refractivity contribution in [2.45, 2.75) is 26.4 Å². The van der Waals surface area contributed by atoms with Gasteiger partial charge in [-0.3, -0.25) is 10.1 Å². The van der Waals surface area contributed by atoms with E-state index in [0.717, 1.165) is 0 Å². The van der Waals surface area contributed by atoms with Crippen molar-refractivity contribution in [3.8, 4) is 0 Å². The molecule has 0 aliphatic heterocycles. The van der Waals surface area contributed by atoms with E-state index >= 15 is 0 Å². The summed E-state index contributed by atoms with van der Waals surface area (Å²) in [5.41, 5.74) is 0. The van der Waals surface area contributed by atoms with E-state index in [1.807, 2.05) is 0 Å². The van der Waals surface area contributed by atoms with Crippen molar-refractivity contribution in [1.82, 2.24) is 10.1 Å². The minimum Gasteiger partial charge on any atom is -0.368 e. The van der Waals surface area contributed by atoms with Crippen LogP contribution in [0.25, 0.3) is 0 Å². The third kappa shape index (κ3) is 3.82. The van der Waals surface area contributed by atoms with Crippen molar-refractivity contribution in [3.05, 3.63) is 18.5 Å². The first-order valence-corrected chi connectivity index (χ1v) is 4.97. The molecular formula is C10H15N3O3. The van der Waals surface area contributed by atoms with Crippen LogP contribution in [0, 0.1) is 6.92 Å². The van der Waals surface area contributed by atoms with Gasteiger partial charge in [0.1, 0.15) is 6.10 Å². The molecule has 0 bridgehead atoms. The minimum atomic E-state index is -0.563. The highest BCUT2D eigenvalue weighted by atomic mass is 16.5. The van der Waals surface area contributed by atoms with Crippen LogP contribution in [0.2, 0.25) is 0 Å². The molecule has 0 aliphatic carbocycles. The van der Waals surface area contributed by atoms with Crippen molar-refractivity contribution < 1.29 is 14.1 Å². The molecule has 0 saturated carbocycles. The fourth-order valence-corrected chi connectivity index (χ4v) is 0.959. The molecule has 0 radical (unpaired) electrons. The zero-order valence-corrected chi connectivity index (χ0v) is 9.40. The molecule has 1 rings (SSSR count). The Kier molecular flexibility index (Phi) is 4.65. The number of carbonyl (C=O) groups excluding carboxylic acids is 1. The molecule has 1 heterocycles. The summed E-state index contributed by atoms with van der Waals surface area (Å²) in [4.78, 5) is 15.4. The first-order valence-electron chi connectivity index (χ1n) is 4.97. The van der Waals surface area contributed by atoms with Crippen LogP contribution in [0.5, 0.6) is 0 Å². The lowest BCUT2D eigenvalue weighted by molar-refractivity contribution is -0.126. The number of aryl methyl sites for hydroxylation is 1. The van der Waals surface area contributed by atoms with Crippen molar-refractivity contribution in [1.29, 1.82) is 0 Å². The largest absolute Gasteiger partial charge is 0.368 e. The van der Waals surface area contributed by atoms with Gasteiger partial charge in [-0.1, -0.05) is 11.2 Å². The van der Waals surface area contributed by atoms with Gasteiger partial charge in [0, 0.05) is 0 Å². The van der Waals surface area contributed by atoms with Gasteiger partial charge in [-0.2, -0.15) is 4.98 Å². The van der Waals surface area contributed by atoms with Crippen LogP contribution >= 0.6 is 0 Å². The molecule has 1 amide bonds. The lowest BCUT2D eigenvalue weighted by Gasteiger charge is -2.10. The van der Waals surface area contributed by atoms with Gasteiger partial charge in [0.05, 0.1) is 6.61 Å². The maximum Gasteiger partial charge on any atom is 0.328 e. The summed E-state index contributed by atoms with van der Waals surface area (Å²) < 4.78 is 10.00. The number of nitrogens with one attached hydrogen (secondary N) is 1. The molecule has 1 aromatic rings. The first kappa shape index (κ1) is 12.4. The molecule has 0 spiro atoms. The molecule has 0 saturated heterocycles. The Morgan fingerprint density at radius 3 is 3.06 bits per heavy atom. The van der Waals surface area contributed by atoms with Gasteiger partial charge in [0.2, 0.25) is 0 Å². The van der Waals surface area contributed by atoms with Gasteiger partial charge >= 0.3 is 6.01 Å². The highest BCUT2D eigenvalue weighted by molar-refractivity contribution is 5.91. The van der Waals surface area contributed by atoms with E-state index in [0.29, 0.717) is 18.9 Å². The van der Waals surface area contributed by atoms with Crippen molar-refractivity contribution in [2.24, 2.45) is 0 Å². The number of carbonyl (C=O) groups is 1. The Morgan fingerprint density at radius 2 is 2.50 bits per heavy atom. The summed E-state index contributed by atoms with van der Waals surface area (Å²) in [6.07, 6.45) is 1.87. The standard InChI is InChI=1S/C10H15N3O3/c1-4-5-6-15-7(2)9(14)12-10-11-8(3)13-16-10/h4,7H,1,5-6H2,2-3H3,(H,11,12,13,14). The minimum absolute atomic E-state index is 0.0849. The van der Waals surface area contributed by atoms with Gasteiger partial charge in [-0.25, -0.2) is 0 Å². The number of rotatable bonds is 6. The molecule has 0 aliphatic rings. The third-order valence-corrected chi connectivity index (χ3v) is 1.82. The second-order valence-electron chi connectivity index (χ2n) is 3.23. The van der Waals surface area contributed by atoms with Gasteiger partial charge in [-0.15, -0.1) is 6.58 Å². The number of hydrogen-bond acceptors (Lipinski definition) is 5. The van der Waals surface area contributed by atoms with Crippen molar-refractivity contribution in [3.63, 3.8) is 0 Å². The number of ether oxygens (including phenoxy) is 1. The van der Waals surface area contributed by atoms with Gasteiger partial charge in [0.15, 0.2) is 5.82 Å². The summed E-state index contributed by atoms with van der Waals surface area (Å²) in [5, 5.41) is 6.01. The van der Waals surface area contributed by atoms with Crippen molar-refractivity contribution >= 4 is 11.9 Å². The van der Waals surface area contributed by atoms with E-state index in [1.165, 1.54) is 0 Å². The SMILES string of the molecule is C=CCCOC(C)C(=O)Nc1nc(C)no1. The number of anilines is 1. The van der Waals surface area contributed by atoms with Crippen LogP contribution in [0.4, 0.5) is 6.01 Å². The maximum absolute atomic E-state index is 11.5. The van der Waals surface area contributed by atoms with E-state index in [-0.39, 0.29) is 11.9 Å². The molecule has 1 unspecified atom stereocenters. The van der Waals surface area contributed by atoms with E-state index in [2.05, 4.69) is 22.0 Å². The summed E-state index contributed by atoms with van der Waals surface area (Å²) in [6.45, 7) is 7.34. The first-order chi connectivity index (χ1) is 7.63. The number of nitrogens with zero attached hydrogens (tertiary/aromatic N) is 2. The second kappa shape index (κ2) is 6.02. The monoisotopic (exact) mass is 225 g/mol. The summed E-state index contributed by atoms with van der Waals surface area (Å²) in [5.74, 6) is 0.156. The average molecular weight is 225 g/mol. The summed E-state index contributed by atoms with van der Waals surface area (Å²) >= 11 is 0. The molecule has 6 heteroatoms. The van der Waals surface area contributed by atoms with E-state index < -0.39 is 6.10 Å². The Morgan fingerprint density at radius 1 is 1.75 bits per heavy atom. The molecule has 88 valence electrons. The lowest BCUT2D eigenvalue weighted by atomic mass is 10.3. The molecule has 6 nitrogen and oxygen atoms in total. The zero-order chi connectivity index (χ0) is 12.0. The highest BCUT2D eigenvalue weighted by Gasteiger charge is 2.15. The van der Waals surface area contributed by atoms with Gasteiger partial charge in [-0.05, 0) is 20.3 Å². The van der Waals surface area contributed by atoms with Crippen LogP contribution in [0.15, 0.2) is 17.2 Å². The van der Waals surface area contributed by atoms with E-state index in [1.54, 1.807) is 19.9 Å². The molecular weight excluding hydrogens is 210 g/mol. The van der Waals surface area contributed by atoms with Crippen molar-refractivity contribution in [2.75, 3.05) is 11.9 Å². The Hall–Kier alpha value is -1.69. The second-order valence-corrected chi connectivity index (χ2v) is 3.23. The Bertz CT molecular complexity index is 362. The molecule has 1 N–H and O–H groups in total. The number of hydrogen-bond donors (Lipinski definition) is 1.